The van der Waals surface area contributed by atoms with Crippen LogP contribution in [0.2, 0.25) is 0 Å². The summed E-state index contributed by atoms with van der Waals surface area (Å²) in [4.78, 5) is 13.2. The number of amides is 2. The van der Waals surface area contributed by atoms with Gasteiger partial charge in [0.1, 0.15) is 5.76 Å². The number of likely N-dealkylation sites (N-methyl/N-ethyl adjacent to an activating group) is 1. The molecule has 0 spiro atoms. The quantitative estimate of drug-likeness (QED) is 0.762. The van der Waals surface area contributed by atoms with Crippen LogP contribution in [-0.4, -0.2) is 47.4 Å². The number of nitrogens with zero attached hydrogens (tertiary/aromatic N) is 2. The highest BCUT2D eigenvalue weighted by molar-refractivity contribution is 5.74. The van der Waals surface area contributed by atoms with Crippen LogP contribution in [0, 0.1) is 13.8 Å². The Kier molecular flexibility index (Phi) is 5.82. The van der Waals surface area contributed by atoms with Crippen LogP contribution in [0.25, 0.3) is 0 Å². The van der Waals surface area contributed by atoms with Gasteiger partial charge in [-0.05, 0) is 33.6 Å². The van der Waals surface area contributed by atoms with Crippen molar-refractivity contribution >= 4 is 6.03 Å². The second-order valence-corrected chi connectivity index (χ2v) is 4.78. The Bertz CT molecular complexity index is 398. The van der Waals surface area contributed by atoms with Crippen molar-refractivity contribution in [2.24, 2.45) is 0 Å². The number of carbonyl (C=O) groups excluding carboxylic acids is 1. The summed E-state index contributed by atoms with van der Waals surface area (Å²) in [5.41, 5.74) is 2.03. The van der Waals surface area contributed by atoms with Crippen molar-refractivity contribution in [3.05, 3.63) is 17.0 Å². The van der Waals surface area contributed by atoms with Gasteiger partial charge in [0.25, 0.3) is 0 Å². The van der Waals surface area contributed by atoms with E-state index >= 15 is 0 Å². The lowest BCUT2D eigenvalue weighted by molar-refractivity contribution is 0.157. The van der Waals surface area contributed by atoms with Gasteiger partial charge in [0, 0.05) is 19.2 Å². The molecule has 108 valence electrons. The molecule has 0 saturated heterocycles. The van der Waals surface area contributed by atoms with E-state index in [9.17, 15) is 4.79 Å². The van der Waals surface area contributed by atoms with Crippen LogP contribution >= 0.6 is 0 Å². The third-order valence-electron chi connectivity index (χ3n) is 3.31. The average Bonchev–Trinajstić information content (AvgIpc) is 2.72. The molecule has 1 aromatic rings. The summed E-state index contributed by atoms with van der Waals surface area (Å²) in [7, 11) is 1.67. The van der Waals surface area contributed by atoms with Crippen LogP contribution in [0.4, 0.5) is 4.79 Å². The van der Waals surface area contributed by atoms with Gasteiger partial charge in [-0.3, -0.25) is 0 Å². The van der Waals surface area contributed by atoms with Gasteiger partial charge in [-0.1, -0.05) is 5.16 Å². The number of aliphatic hydroxyl groups is 1. The monoisotopic (exact) mass is 269 g/mol. The molecule has 19 heavy (non-hydrogen) atoms. The molecular weight excluding hydrogens is 246 g/mol. The number of aromatic nitrogens is 1. The molecule has 0 saturated carbocycles. The van der Waals surface area contributed by atoms with E-state index in [2.05, 4.69) is 10.5 Å². The molecule has 6 nitrogen and oxygen atoms in total. The second-order valence-electron chi connectivity index (χ2n) is 4.78. The summed E-state index contributed by atoms with van der Waals surface area (Å²) >= 11 is 0. The Hall–Kier alpha value is -1.56. The van der Waals surface area contributed by atoms with Gasteiger partial charge in [-0.15, -0.1) is 0 Å². The Morgan fingerprint density at radius 3 is 2.74 bits per heavy atom. The zero-order chi connectivity index (χ0) is 14.4. The van der Waals surface area contributed by atoms with E-state index in [-0.39, 0.29) is 18.7 Å². The first-order valence-electron chi connectivity index (χ1n) is 6.50. The molecule has 0 aliphatic heterocycles. The summed E-state index contributed by atoms with van der Waals surface area (Å²) in [5.74, 6) is 0.842. The second kappa shape index (κ2) is 7.13. The van der Waals surface area contributed by atoms with E-state index in [1.165, 1.54) is 4.90 Å². The minimum Gasteiger partial charge on any atom is -0.394 e. The van der Waals surface area contributed by atoms with Crippen molar-refractivity contribution in [3.63, 3.8) is 0 Å². The first-order valence-corrected chi connectivity index (χ1v) is 6.50. The summed E-state index contributed by atoms with van der Waals surface area (Å²) in [6.07, 6.45) is 1.66. The van der Waals surface area contributed by atoms with Crippen LogP contribution in [-0.2, 0) is 6.42 Å². The lowest BCUT2D eigenvalue weighted by Crippen LogP contribution is -2.44. The number of aliphatic hydroxyl groups excluding tert-OH is 1. The zero-order valence-corrected chi connectivity index (χ0v) is 12.1. The summed E-state index contributed by atoms with van der Waals surface area (Å²) < 4.78 is 5.08. The van der Waals surface area contributed by atoms with Gasteiger partial charge in [0.15, 0.2) is 0 Å². The summed E-state index contributed by atoms with van der Waals surface area (Å²) in [6.45, 7) is 6.16. The molecule has 0 aromatic carbocycles. The van der Waals surface area contributed by atoms with Gasteiger partial charge >= 0.3 is 6.03 Å². The molecule has 2 amide bonds. The van der Waals surface area contributed by atoms with Crippen LogP contribution in [0.3, 0.4) is 0 Å². The van der Waals surface area contributed by atoms with Crippen molar-refractivity contribution in [2.45, 2.75) is 39.7 Å². The molecule has 0 fully saturated rings. The fourth-order valence-electron chi connectivity index (χ4n) is 1.77. The molecule has 1 heterocycles. The number of hydrogen-bond donors (Lipinski definition) is 2. The van der Waals surface area contributed by atoms with E-state index in [1.54, 1.807) is 14.0 Å². The van der Waals surface area contributed by atoms with Crippen LogP contribution in [0.1, 0.15) is 30.4 Å². The Labute approximate surface area is 113 Å². The maximum Gasteiger partial charge on any atom is 0.317 e. The summed E-state index contributed by atoms with van der Waals surface area (Å²) in [6, 6.07) is -0.345. The minimum atomic E-state index is -0.178. The number of urea groups is 1. The lowest BCUT2D eigenvalue weighted by atomic mass is 10.1. The molecule has 6 heteroatoms. The molecule has 1 atom stereocenters. The van der Waals surface area contributed by atoms with Crippen LogP contribution < -0.4 is 5.32 Å². The molecule has 0 radical (unpaired) electrons. The molecule has 1 rings (SSSR count). The van der Waals surface area contributed by atoms with Crippen LogP contribution in [0.15, 0.2) is 4.52 Å². The molecule has 0 aliphatic carbocycles. The van der Waals surface area contributed by atoms with Crippen molar-refractivity contribution < 1.29 is 14.4 Å². The molecule has 1 unspecified atom stereocenters. The average molecular weight is 269 g/mol. The Morgan fingerprint density at radius 2 is 2.21 bits per heavy atom. The van der Waals surface area contributed by atoms with Crippen molar-refractivity contribution in [1.29, 1.82) is 0 Å². The van der Waals surface area contributed by atoms with Crippen molar-refractivity contribution in [1.82, 2.24) is 15.4 Å². The third-order valence-corrected chi connectivity index (χ3v) is 3.31. The Morgan fingerprint density at radius 1 is 1.53 bits per heavy atom. The van der Waals surface area contributed by atoms with E-state index in [0.29, 0.717) is 6.54 Å². The highest BCUT2D eigenvalue weighted by Gasteiger charge is 2.14. The number of rotatable bonds is 6. The van der Waals surface area contributed by atoms with Crippen LogP contribution in [0.5, 0.6) is 0 Å². The predicted molar refractivity (Wildman–Crippen MR) is 72.0 cm³/mol. The van der Waals surface area contributed by atoms with Gasteiger partial charge in [0.05, 0.1) is 18.3 Å². The van der Waals surface area contributed by atoms with Crippen molar-refractivity contribution in [3.8, 4) is 0 Å². The molecule has 0 aliphatic rings. The van der Waals surface area contributed by atoms with E-state index < -0.39 is 0 Å². The minimum absolute atomic E-state index is 0.0387. The first kappa shape index (κ1) is 15.5. The van der Waals surface area contributed by atoms with Crippen molar-refractivity contribution in [2.75, 3.05) is 20.2 Å². The van der Waals surface area contributed by atoms with E-state index in [4.69, 9.17) is 9.63 Å². The fraction of sp³-hybridized carbons (Fsp3) is 0.692. The van der Waals surface area contributed by atoms with Gasteiger partial charge in [-0.2, -0.15) is 0 Å². The van der Waals surface area contributed by atoms with E-state index in [1.807, 2.05) is 13.8 Å². The van der Waals surface area contributed by atoms with Gasteiger partial charge in [-0.25, -0.2) is 4.79 Å². The maximum absolute atomic E-state index is 11.7. The normalized spacial score (nSPS) is 12.3. The van der Waals surface area contributed by atoms with Gasteiger partial charge < -0.3 is 19.8 Å². The standard InChI is InChI=1S/C13H23N3O3/c1-9(8-17)16(4)13(18)14-7-5-6-12-10(2)15-19-11(12)3/h9,17H,5-8H2,1-4H3,(H,14,18). The maximum atomic E-state index is 11.7. The number of nitrogens with one attached hydrogen (secondary N) is 1. The molecular formula is C13H23N3O3. The lowest BCUT2D eigenvalue weighted by Gasteiger charge is -2.23. The molecule has 0 bridgehead atoms. The number of aryl methyl sites for hydroxylation is 2. The highest BCUT2D eigenvalue weighted by Crippen LogP contribution is 2.13. The zero-order valence-electron chi connectivity index (χ0n) is 12.1. The number of carbonyl (C=O) groups is 1. The molecule has 2 N–H and O–H groups in total. The SMILES string of the molecule is Cc1noc(C)c1CCCNC(=O)N(C)C(C)CO. The smallest absolute Gasteiger partial charge is 0.317 e. The fourth-order valence-corrected chi connectivity index (χ4v) is 1.77. The Balaban J connectivity index is 2.30. The largest absolute Gasteiger partial charge is 0.394 e. The van der Waals surface area contributed by atoms with E-state index in [0.717, 1.165) is 29.9 Å². The number of hydrogen-bond acceptors (Lipinski definition) is 4. The summed E-state index contributed by atoms with van der Waals surface area (Å²) in [5, 5.41) is 15.7. The third kappa shape index (κ3) is 4.24. The predicted octanol–water partition coefficient (Wildman–Crippen LogP) is 1.25. The topological polar surface area (TPSA) is 78.6 Å². The molecule has 1 aromatic heterocycles. The van der Waals surface area contributed by atoms with Gasteiger partial charge in [0.2, 0.25) is 0 Å². The first-order chi connectivity index (χ1) is 8.97. The highest BCUT2D eigenvalue weighted by atomic mass is 16.5.